The van der Waals surface area contributed by atoms with Crippen LogP contribution in [0.2, 0.25) is 0 Å². The van der Waals surface area contributed by atoms with Crippen LogP contribution >= 0.6 is 0 Å². The van der Waals surface area contributed by atoms with Gasteiger partial charge in [-0.3, -0.25) is 4.79 Å². The molecule has 20 heavy (non-hydrogen) atoms. The van der Waals surface area contributed by atoms with Crippen LogP contribution in [-0.2, 0) is 0 Å². The SMILES string of the molecule is CCCNc1cc(C)ccc1C(=O)N(C)C(C)CC#N. The third-order valence-corrected chi connectivity index (χ3v) is 3.34. The van der Waals surface area contributed by atoms with Crippen molar-refractivity contribution in [2.24, 2.45) is 0 Å². The molecule has 0 saturated carbocycles. The third kappa shape index (κ3) is 3.99. The zero-order valence-corrected chi connectivity index (χ0v) is 12.7. The van der Waals surface area contributed by atoms with Crippen molar-refractivity contribution in [3.8, 4) is 6.07 Å². The Bertz CT molecular complexity index is 505. The molecule has 1 atom stereocenters. The maximum Gasteiger partial charge on any atom is 0.255 e. The Kier molecular flexibility index (Phi) is 6.05. The summed E-state index contributed by atoms with van der Waals surface area (Å²) in [6.07, 6.45) is 1.34. The summed E-state index contributed by atoms with van der Waals surface area (Å²) in [6.45, 7) is 6.81. The molecular formula is C16H23N3O. The molecule has 1 unspecified atom stereocenters. The monoisotopic (exact) mass is 273 g/mol. The molecule has 1 N–H and O–H groups in total. The van der Waals surface area contributed by atoms with Crippen LogP contribution in [-0.4, -0.2) is 30.4 Å². The molecule has 0 aromatic heterocycles. The van der Waals surface area contributed by atoms with E-state index in [9.17, 15) is 4.79 Å². The van der Waals surface area contributed by atoms with E-state index in [4.69, 9.17) is 5.26 Å². The zero-order valence-electron chi connectivity index (χ0n) is 12.7. The van der Waals surface area contributed by atoms with Crippen molar-refractivity contribution in [3.63, 3.8) is 0 Å². The summed E-state index contributed by atoms with van der Waals surface area (Å²) in [5, 5.41) is 12.0. The first-order valence-corrected chi connectivity index (χ1v) is 6.99. The van der Waals surface area contributed by atoms with Crippen LogP contribution in [0.1, 0.15) is 42.6 Å². The van der Waals surface area contributed by atoms with Crippen molar-refractivity contribution in [2.45, 2.75) is 39.7 Å². The van der Waals surface area contributed by atoms with Gasteiger partial charge in [0.05, 0.1) is 18.1 Å². The minimum absolute atomic E-state index is 0.0497. The molecule has 1 rings (SSSR count). The second-order valence-corrected chi connectivity index (χ2v) is 5.10. The number of nitrogens with one attached hydrogen (secondary N) is 1. The standard InChI is InChI=1S/C16H23N3O/c1-5-10-18-15-11-12(2)6-7-14(15)16(20)19(4)13(3)8-9-17/h6-7,11,13,18H,5,8,10H2,1-4H3. The van der Waals surface area contributed by atoms with E-state index in [2.05, 4.69) is 18.3 Å². The smallest absolute Gasteiger partial charge is 0.255 e. The van der Waals surface area contributed by atoms with Crippen LogP contribution in [0.4, 0.5) is 5.69 Å². The lowest BCUT2D eigenvalue weighted by molar-refractivity contribution is 0.0747. The average molecular weight is 273 g/mol. The lowest BCUT2D eigenvalue weighted by atomic mass is 10.1. The number of hydrogen-bond donors (Lipinski definition) is 1. The number of anilines is 1. The Hall–Kier alpha value is -2.02. The summed E-state index contributed by atoms with van der Waals surface area (Å²) in [4.78, 5) is 14.2. The number of carbonyl (C=O) groups is 1. The lowest BCUT2D eigenvalue weighted by Gasteiger charge is -2.24. The third-order valence-electron chi connectivity index (χ3n) is 3.34. The van der Waals surface area contributed by atoms with Gasteiger partial charge in [-0.15, -0.1) is 0 Å². The van der Waals surface area contributed by atoms with Gasteiger partial charge in [0.25, 0.3) is 5.91 Å². The van der Waals surface area contributed by atoms with Crippen molar-refractivity contribution >= 4 is 11.6 Å². The highest BCUT2D eigenvalue weighted by Crippen LogP contribution is 2.20. The largest absolute Gasteiger partial charge is 0.384 e. The number of aryl methyl sites for hydroxylation is 1. The van der Waals surface area contributed by atoms with E-state index in [1.807, 2.05) is 32.0 Å². The molecule has 0 aliphatic heterocycles. The molecule has 0 aliphatic carbocycles. The van der Waals surface area contributed by atoms with Gasteiger partial charge < -0.3 is 10.2 Å². The quantitative estimate of drug-likeness (QED) is 0.866. The predicted molar refractivity (Wildman–Crippen MR) is 81.7 cm³/mol. The van der Waals surface area contributed by atoms with Gasteiger partial charge in [0, 0.05) is 25.3 Å². The molecule has 0 heterocycles. The maximum atomic E-state index is 12.5. The first kappa shape index (κ1) is 16.0. The van der Waals surface area contributed by atoms with E-state index in [-0.39, 0.29) is 11.9 Å². The average Bonchev–Trinajstić information content (AvgIpc) is 2.44. The Labute approximate surface area is 121 Å². The van der Waals surface area contributed by atoms with Gasteiger partial charge in [0.15, 0.2) is 0 Å². The summed E-state index contributed by atoms with van der Waals surface area (Å²) >= 11 is 0. The summed E-state index contributed by atoms with van der Waals surface area (Å²) in [7, 11) is 1.74. The van der Waals surface area contributed by atoms with E-state index in [0.29, 0.717) is 12.0 Å². The van der Waals surface area contributed by atoms with E-state index in [1.165, 1.54) is 0 Å². The number of hydrogen-bond acceptors (Lipinski definition) is 3. The van der Waals surface area contributed by atoms with E-state index in [0.717, 1.165) is 24.2 Å². The maximum absolute atomic E-state index is 12.5. The van der Waals surface area contributed by atoms with Crippen LogP contribution < -0.4 is 5.32 Å². The van der Waals surface area contributed by atoms with Gasteiger partial charge in [-0.05, 0) is 38.0 Å². The Morgan fingerprint density at radius 3 is 2.80 bits per heavy atom. The molecule has 1 aromatic carbocycles. The molecule has 0 radical (unpaired) electrons. The fourth-order valence-electron chi connectivity index (χ4n) is 1.91. The molecule has 4 heteroatoms. The fraction of sp³-hybridized carbons (Fsp3) is 0.500. The van der Waals surface area contributed by atoms with Crippen molar-refractivity contribution in [3.05, 3.63) is 29.3 Å². The van der Waals surface area contributed by atoms with Crippen LogP contribution in [0.25, 0.3) is 0 Å². The minimum atomic E-state index is -0.0900. The van der Waals surface area contributed by atoms with Crippen LogP contribution in [0.15, 0.2) is 18.2 Å². The number of nitrogens with zero attached hydrogens (tertiary/aromatic N) is 2. The molecule has 1 amide bonds. The molecule has 1 aromatic rings. The van der Waals surface area contributed by atoms with Crippen molar-refractivity contribution in [2.75, 3.05) is 18.9 Å². The molecule has 0 fully saturated rings. The molecule has 108 valence electrons. The summed E-state index contributed by atoms with van der Waals surface area (Å²) in [5.74, 6) is -0.0497. The van der Waals surface area contributed by atoms with Gasteiger partial charge in [0.2, 0.25) is 0 Å². The first-order chi connectivity index (χ1) is 9.51. The topological polar surface area (TPSA) is 56.1 Å². The number of carbonyl (C=O) groups excluding carboxylic acids is 1. The molecule has 4 nitrogen and oxygen atoms in total. The zero-order chi connectivity index (χ0) is 15.1. The summed E-state index contributed by atoms with van der Waals surface area (Å²) in [5.41, 5.74) is 2.65. The number of rotatable bonds is 6. The van der Waals surface area contributed by atoms with Crippen molar-refractivity contribution in [1.82, 2.24) is 4.90 Å². The van der Waals surface area contributed by atoms with Gasteiger partial charge in [0.1, 0.15) is 0 Å². The molecule has 0 spiro atoms. The molecular weight excluding hydrogens is 250 g/mol. The minimum Gasteiger partial charge on any atom is -0.384 e. The van der Waals surface area contributed by atoms with Crippen molar-refractivity contribution in [1.29, 1.82) is 5.26 Å². The normalized spacial score (nSPS) is 11.6. The molecule has 0 saturated heterocycles. The second-order valence-electron chi connectivity index (χ2n) is 5.10. The van der Waals surface area contributed by atoms with Gasteiger partial charge >= 0.3 is 0 Å². The Morgan fingerprint density at radius 2 is 2.20 bits per heavy atom. The number of amides is 1. The van der Waals surface area contributed by atoms with Gasteiger partial charge in [-0.2, -0.15) is 5.26 Å². The van der Waals surface area contributed by atoms with Crippen LogP contribution in [0.3, 0.4) is 0 Å². The highest BCUT2D eigenvalue weighted by Gasteiger charge is 2.19. The van der Waals surface area contributed by atoms with E-state index in [1.54, 1.807) is 11.9 Å². The Balaban J connectivity index is 2.99. The summed E-state index contributed by atoms with van der Waals surface area (Å²) < 4.78 is 0. The van der Waals surface area contributed by atoms with Gasteiger partial charge in [-0.1, -0.05) is 13.0 Å². The van der Waals surface area contributed by atoms with Crippen LogP contribution in [0.5, 0.6) is 0 Å². The molecule has 0 aliphatic rings. The van der Waals surface area contributed by atoms with E-state index < -0.39 is 0 Å². The lowest BCUT2D eigenvalue weighted by Crippen LogP contribution is -2.35. The highest BCUT2D eigenvalue weighted by molar-refractivity contribution is 5.99. The fourth-order valence-corrected chi connectivity index (χ4v) is 1.91. The van der Waals surface area contributed by atoms with Crippen molar-refractivity contribution < 1.29 is 4.79 Å². The van der Waals surface area contributed by atoms with Crippen LogP contribution in [0, 0.1) is 18.3 Å². The number of nitriles is 1. The summed E-state index contributed by atoms with van der Waals surface area (Å²) in [6, 6.07) is 7.80. The van der Waals surface area contributed by atoms with E-state index >= 15 is 0 Å². The predicted octanol–water partition coefficient (Wildman–Crippen LogP) is 3.19. The Morgan fingerprint density at radius 1 is 1.50 bits per heavy atom. The van der Waals surface area contributed by atoms with Gasteiger partial charge in [-0.25, -0.2) is 0 Å². The molecule has 0 bridgehead atoms. The second kappa shape index (κ2) is 7.54. The first-order valence-electron chi connectivity index (χ1n) is 6.99. The number of benzene rings is 1. The highest BCUT2D eigenvalue weighted by atomic mass is 16.2.